The van der Waals surface area contributed by atoms with Gasteiger partial charge in [0.25, 0.3) is 5.69 Å². The summed E-state index contributed by atoms with van der Waals surface area (Å²) in [7, 11) is 0. The highest BCUT2D eigenvalue weighted by molar-refractivity contribution is 6.31. The first-order valence-electron chi connectivity index (χ1n) is 7.01. The van der Waals surface area contributed by atoms with Crippen LogP contribution in [0, 0.1) is 15.9 Å². The number of hydrogen-bond acceptors (Lipinski definition) is 4. The van der Waals surface area contributed by atoms with Gasteiger partial charge in [-0.3, -0.25) is 10.1 Å². The van der Waals surface area contributed by atoms with E-state index in [1.54, 1.807) is 0 Å². The molecule has 1 aliphatic carbocycles. The minimum absolute atomic E-state index is 0.0413. The van der Waals surface area contributed by atoms with Gasteiger partial charge in [0.15, 0.2) is 0 Å². The molecule has 7 heteroatoms. The number of nitro benzene ring substituents is 1. The topological polar surface area (TPSA) is 75.4 Å². The van der Waals surface area contributed by atoms with Crippen molar-refractivity contribution in [3.8, 4) is 0 Å². The maximum atomic E-state index is 13.5. The first-order chi connectivity index (χ1) is 9.91. The van der Waals surface area contributed by atoms with Crippen LogP contribution in [-0.2, 0) is 0 Å². The van der Waals surface area contributed by atoms with E-state index in [1.165, 1.54) is 0 Å². The quantitative estimate of drug-likeness (QED) is 0.502. The summed E-state index contributed by atoms with van der Waals surface area (Å²) in [5.41, 5.74) is -1.15. The highest BCUT2D eigenvalue weighted by Gasteiger charge is 2.29. The van der Waals surface area contributed by atoms with Crippen molar-refractivity contribution in [2.24, 2.45) is 0 Å². The molecule has 2 N–H and O–H groups in total. The number of nitro groups is 1. The van der Waals surface area contributed by atoms with E-state index < -0.39 is 16.3 Å². The summed E-state index contributed by atoms with van der Waals surface area (Å²) >= 11 is 5.57. The van der Waals surface area contributed by atoms with Crippen LogP contribution in [0.5, 0.6) is 0 Å². The van der Waals surface area contributed by atoms with E-state index >= 15 is 0 Å². The SMILES string of the molecule is O=[N+]([O-])c1cc(Cl)c(F)cc1NCC1(O)CCCCCC1. The molecule has 21 heavy (non-hydrogen) atoms. The standard InChI is InChI=1S/C14H18ClFN2O3/c15-10-7-13(18(20)21)12(8-11(10)16)17-9-14(19)5-3-1-2-4-6-14/h7-8,17,19H,1-6,9H2. The number of anilines is 1. The van der Waals surface area contributed by atoms with Gasteiger partial charge in [-0.25, -0.2) is 4.39 Å². The van der Waals surface area contributed by atoms with Crippen molar-refractivity contribution in [1.82, 2.24) is 0 Å². The summed E-state index contributed by atoms with van der Waals surface area (Å²) in [5, 5.41) is 24.0. The molecular formula is C14H18ClFN2O3. The second-order valence-corrected chi connectivity index (χ2v) is 5.94. The number of nitrogens with one attached hydrogen (secondary N) is 1. The molecule has 0 aromatic heterocycles. The molecule has 2 rings (SSSR count). The van der Waals surface area contributed by atoms with E-state index in [0.29, 0.717) is 12.8 Å². The summed E-state index contributed by atoms with van der Waals surface area (Å²) in [6, 6.07) is 1.98. The van der Waals surface area contributed by atoms with Gasteiger partial charge in [0.05, 0.1) is 15.5 Å². The van der Waals surface area contributed by atoms with E-state index in [1.807, 2.05) is 0 Å². The molecule has 0 amide bonds. The Bertz CT molecular complexity index is 531. The van der Waals surface area contributed by atoms with E-state index in [0.717, 1.165) is 37.8 Å². The number of hydrogen-bond donors (Lipinski definition) is 2. The summed E-state index contributed by atoms with van der Waals surface area (Å²) in [5.74, 6) is -0.724. The molecule has 1 aromatic rings. The lowest BCUT2D eigenvalue weighted by molar-refractivity contribution is -0.384. The van der Waals surface area contributed by atoms with Crippen molar-refractivity contribution < 1.29 is 14.4 Å². The molecule has 0 spiro atoms. The van der Waals surface area contributed by atoms with Crippen molar-refractivity contribution in [3.05, 3.63) is 33.1 Å². The van der Waals surface area contributed by atoms with Crippen molar-refractivity contribution in [2.75, 3.05) is 11.9 Å². The third kappa shape index (κ3) is 4.04. The fourth-order valence-electron chi connectivity index (χ4n) is 2.65. The van der Waals surface area contributed by atoms with Crippen LogP contribution < -0.4 is 5.32 Å². The molecule has 0 atom stereocenters. The Morgan fingerprint density at radius 3 is 2.52 bits per heavy atom. The summed E-state index contributed by atoms with van der Waals surface area (Å²) in [6.07, 6.45) is 5.30. The Hall–Kier alpha value is -1.40. The molecule has 5 nitrogen and oxygen atoms in total. The lowest BCUT2D eigenvalue weighted by Gasteiger charge is -2.27. The third-order valence-electron chi connectivity index (χ3n) is 3.88. The third-order valence-corrected chi connectivity index (χ3v) is 4.17. The zero-order chi connectivity index (χ0) is 15.5. The Morgan fingerprint density at radius 1 is 1.33 bits per heavy atom. The molecule has 0 heterocycles. The molecule has 1 aromatic carbocycles. The van der Waals surface area contributed by atoms with E-state index in [4.69, 9.17) is 11.6 Å². The van der Waals surface area contributed by atoms with Crippen molar-refractivity contribution >= 4 is 23.0 Å². The molecule has 1 saturated carbocycles. The van der Waals surface area contributed by atoms with Gasteiger partial charge in [0, 0.05) is 18.7 Å². The molecule has 0 radical (unpaired) electrons. The Morgan fingerprint density at radius 2 is 1.95 bits per heavy atom. The van der Waals surface area contributed by atoms with Crippen LogP contribution in [0.4, 0.5) is 15.8 Å². The fraction of sp³-hybridized carbons (Fsp3) is 0.571. The van der Waals surface area contributed by atoms with E-state index in [9.17, 15) is 19.6 Å². The van der Waals surface area contributed by atoms with Crippen LogP contribution >= 0.6 is 11.6 Å². The van der Waals surface area contributed by atoms with Gasteiger partial charge in [0.2, 0.25) is 0 Å². The maximum Gasteiger partial charge on any atom is 0.294 e. The number of benzene rings is 1. The first-order valence-corrected chi connectivity index (χ1v) is 7.39. The smallest absolute Gasteiger partial charge is 0.294 e. The molecule has 116 valence electrons. The lowest BCUT2D eigenvalue weighted by Crippen LogP contribution is -2.36. The Kier molecular flexibility index (Phi) is 5.00. The number of rotatable bonds is 4. The van der Waals surface area contributed by atoms with Gasteiger partial charge in [-0.2, -0.15) is 0 Å². The predicted octanol–water partition coefficient (Wildman–Crippen LogP) is 3.88. The van der Waals surface area contributed by atoms with Gasteiger partial charge in [0.1, 0.15) is 11.5 Å². The minimum atomic E-state index is -0.902. The zero-order valence-corrected chi connectivity index (χ0v) is 12.3. The average Bonchev–Trinajstić information content (AvgIpc) is 2.65. The first kappa shape index (κ1) is 16.0. The monoisotopic (exact) mass is 316 g/mol. The molecule has 1 fully saturated rings. The Balaban J connectivity index is 2.15. The van der Waals surface area contributed by atoms with E-state index in [-0.39, 0.29) is 22.9 Å². The summed E-state index contributed by atoms with van der Waals surface area (Å²) in [6.45, 7) is 0.162. The molecule has 1 aliphatic rings. The number of halogens is 2. The Labute approximate surface area is 127 Å². The molecular weight excluding hydrogens is 299 g/mol. The second-order valence-electron chi connectivity index (χ2n) is 5.53. The average molecular weight is 317 g/mol. The van der Waals surface area contributed by atoms with Crippen molar-refractivity contribution in [3.63, 3.8) is 0 Å². The highest BCUT2D eigenvalue weighted by atomic mass is 35.5. The van der Waals surface area contributed by atoms with Crippen LogP contribution in [0.2, 0.25) is 5.02 Å². The highest BCUT2D eigenvalue weighted by Crippen LogP contribution is 2.32. The maximum absolute atomic E-state index is 13.5. The second kappa shape index (κ2) is 6.58. The summed E-state index contributed by atoms with van der Waals surface area (Å²) in [4.78, 5) is 10.4. The largest absolute Gasteiger partial charge is 0.388 e. The van der Waals surface area contributed by atoms with Crippen molar-refractivity contribution in [1.29, 1.82) is 0 Å². The van der Waals surface area contributed by atoms with E-state index in [2.05, 4.69) is 5.32 Å². The molecule has 0 aliphatic heterocycles. The van der Waals surface area contributed by atoms with Crippen LogP contribution in [0.1, 0.15) is 38.5 Å². The number of nitrogens with zero attached hydrogens (tertiary/aromatic N) is 1. The zero-order valence-electron chi connectivity index (χ0n) is 11.6. The van der Waals surface area contributed by atoms with Crippen LogP contribution in [0.25, 0.3) is 0 Å². The molecule has 0 saturated heterocycles. The summed E-state index contributed by atoms with van der Waals surface area (Å²) < 4.78 is 13.5. The van der Waals surface area contributed by atoms with Gasteiger partial charge in [-0.15, -0.1) is 0 Å². The van der Waals surface area contributed by atoms with Crippen LogP contribution in [0.3, 0.4) is 0 Å². The normalized spacial score (nSPS) is 18.0. The number of aliphatic hydroxyl groups is 1. The van der Waals surface area contributed by atoms with Crippen molar-refractivity contribution in [2.45, 2.75) is 44.1 Å². The van der Waals surface area contributed by atoms with Gasteiger partial charge in [-0.1, -0.05) is 37.3 Å². The van der Waals surface area contributed by atoms with Gasteiger partial charge < -0.3 is 10.4 Å². The van der Waals surface area contributed by atoms with Gasteiger partial charge >= 0.3 is 0 Å². The lowest BCUT2D eigenvalue weighted by atomic mass is 9.94. The molecule has 0 bridgehead atoms. The van der Waals surface area contributed by atoms with Crippen LogP contribution in [-0.4, -0.2) is 22.2 Å². The van der Waals surface area contributed by atoms with Gasteiger partial charge in [-0.05, 0) is 12.8 Å². The minimum Gasteiger partial charge on any atom is -0.388 e. The molecule has 0 unspecified atom stereocenters. The van der Waals surface area contributed by atoms with Crippen LogP contribution in [0.15, 0.2) is 12.1 Å². The fourth-order valence-corrected chi connectivity index (χ4v) is 2.81. The predicted molar refractivity (Wildman–Crippen MR) is 79.2 cm³/mol.